The Balaban J connectivity index is 0.00000161. The maximum atomic E-state index is 12.4. The Labute approximate surface area is 119 Å². The van der Waals surface area contributed by atoms with Crippen molar-refractivity contribution in [2.75, 3.05) is 0 Å². The molecule has 6 heteroatoms. The molecule has 0 heterocycles. The lowest BCUT2D eigenvalue weighted by Gasteiger charge is -2.19. The van der Waals surface area contributed by atoms with Gasteiger partial charge in [0.15, 0.2) is 5.78 Å². The van der Waals surface area contributed by atoms with Crippen LogP contribution in [0.15, 0.2) is 24.3 Å². The van der Waals surface area contributed by atoms with Gasteiger partial charge in [0.05, 0.1) is 11.1 Å². The SMILES string of the molecule is Cc1cc(O)c2c(c1)C(=O)c1cc(O)cc(O)c1C2=O.O. The summed E-state index contributed by atoms with van der Waals surface area (Å²) < 4.78 is 0. The quantitative estimate of drug-likeness (QED) is 0.570. The summed E-state index contributed by atoms with van der Waals surface area (Å²) in [4.78, 5) is 24.7. The smallest absolute Gasteiger partial charge is 0.201 e. The fraction of sp³-hybridized carbons (Fsp3) is 0.0667. The second-order valence-corrected chi connectivity index (χ2v) is 4.75. The Morgan fingerprint density at radius 2 is 1.29 bits per heavy atom. The highest BCUT2D eigenvalue weighted by atomic mass is 16.3. The van der Waals surface area contributed by atoms with Crippen molar-refractivity contribution in [3.63, 3.8) is 0 Å². The molecule has 1 aliphatic carbocycles. The largest absolute Gasteiger partial charge is 0.508 e. The number of aryl methyl sites for hydroxylation is 1. The van der Waals surface area contributed by atoms with Crippen molar-refractivity contribution < 1.29 is 30.4 Å². The monoisotopic (exact) mass is 288 g/mol. The van der Waals surface area contributed by atoms with Crippen LogP contribution in [-0.4, -0.2) is 32.4 Å². The lowest BCUT2D eigenvalue weighted by Crippen LogP contribution is -2.21. The number of phenols is 3. The average Bonchev–Trinajstić information content (AvgIpc) is 2.34. The number of hydrogen-bond acceptors (Lipinski definition) is 5. The van der Waals surface area contributed by atoms with Crippen molar-refractivity contribution in [2.45, 2.75) is 6.92 Å². The second kappa shape index (κ2) is 4.60. The van der Waals surface area contributed by atoms with Crippen LogP contribution in [0.4, 0.5) is 0 Å². The van der Waals surface area contributed by atoms with Crippen LogP contribution < -0.4 is 0 Å². The van der Waals surface area contributed by atoms with Gasteiger partial charge >= 0.3 is 0 Å². The van der Waals surface area contributed by atoms with Gasteiger partial charge in [0.25, 0.3) is 0 Å². The van der Waals surface area contributed by atoms with E-state index < -0.39 is 17.3 Å². The molecule has 0 atom stereocenters. The Hall–Kier alpha value is -2.86. The summed E-state index contributed by atoms with van der Waals surface area (Å²) in [5, 5.41) is 29.1. The van der Waals surface area contributed by atoms with Gasteiger partial charge in [0, 0.05) is 17.2 Å². The zero-order chi connectivity index (χ0) is 14.6. The zero-order valence-electron chi connectivity index (χ0n) is 11.0. The number of hydrogen-bond donors (Lipinski definition) is 3. The molecule has 2 aromatic carbocycles. The Morgan fingerprint density at radius 1 is 0.762 bits per heavy atom. The first-order valence-corrected chi connectivity index (χ1v) is 5.89. The van der Waals surface area contributed by atoms with Crippen molar-refractivity contribution in [3.05, 3.63) is 52.1 Å². The predicted molar refractivity (Wildman–Crippen MR) is 73.1 cm³/mol. The molecule has 1 aliphatic rings. The van der Waals surface area contributed by atoms with Gasteiger partial charge in [-0.05, 0) is 30.7 Å². The topological polar surface area (TPSA) is 126 Å². The van der Waals surface area contributed by atoms with E-state index in [0.717, 1.165) is 12.1 Å². The number of carbonyl (C=O) groups excluding carboxylic acids is 2. The van der Waals surface area contributed by atoms with E-state index in [1.165, 1.54) is 12.1 Å². The van der Waals surface area contributed by atoms with E-state index in [0.29, 0.717) is 5.56 Å². The van der Waals surface area contributed by atoms with Gasteiger partial charge in [0.1, 0.15) is 17.2 Å². The van der Waals surface area contributed by atoms with Crippen LogP contribution in [0.2, 0.25) is 0 Å². The van der Waals surface area contributed by atoms with Gasteiger partial charge in [0.2, 0.25) is 5.78 Å². The minimum atomic E-state index is -0.635. The zero-order valence-corrected chi connectivity index (χ0v) is 11.0. The molecule has 5 N–H and O–H groups in total. The molecule has 0 saturated carbocycles. The van der Waals surface area contributed by atoms with Crippen LogP contribution >= 0.6 is 0 Å². The average molecular weight is 288 g/mol. The standard InChI is InChI=1S/C15H10O5.H2O/c1-6-2-8-12(10(17)3-6)15(20)13-9(14(8)19)4-7(16)5-11(13)18;/h2-5,16-18H,1H3;1H2. The number of carbonyl (C=O) groups is 2. The molecule has 0 aromatic heterocycles. The number of phenolic OH excluding ortho intramolecular Hbond substituents is 3. The molecule has 0 fully saturated rings. The summed E-state index contributed by atoms with van der Waals surface area (Å²) in [6.07, 6.45) is 0. The summed E-state index contributed by atoms with van der Waals surface area (Å²) in [6, 6.07) is 5.00. The molecule has 2 aromatic rings. The molecule has 21 heavy (non-hydrogen) atoms. The molecule has 0 amide bonds. The summed E-state index contributed by atoms with van der Waals surface area (Å²) in [6.45, 7) is 1.69. The molecule has 108 valence electrons. The van der Waals surface area contributed by atoms with Gasteiger partial charge in [-0.15, -0.1) is 0 Å². The van der Waals surface area contributed by atoms with Crippen molar-refractivity contribution in [1.82, 2.24) is 0 Å². The highest BCUT2D eigenvalue weighted by molar-refractivity contribution is 6.30. The lowest BCUT2D eigenvalue weighted by molar-refractivity contribution is 0.0974. The van der Waals surface area contributed by atoms with Crippen LogP contribution in [0.1, 0.15) is 37.4 Å². The number of fused-ring (bicyclic) bond motifs is 2. The first kappa shape index (κ1) is 14.5. The van der Waals surface area contributed by atoms with Crippen molar-refractivity contribution in [3.8, 4) is 17.2 Å². The normalized spacial score (nSPS) is 12.4. The van der Waals surface area contributed by atoms with E-state index in [1.807, 2.05) is 0 Å². The van der Waals surface area contributed by atoms with E-state index >= 15 is 0 Å². The van der Waals surface area contributed by atoms with Gasteiger partial charge in [-0.2, -0.15) is 0 Å². The minimum absolute atomic E-state index is 0. The molecule has 3 rings (SSSR count). The Bertz CT molecular complexity index is 728. The number of benzene rings is 2. The Kier molecular flexibility index (Phi) is 3.19. The number of rotatable bonds is 0. The van der Waals surface area contributed by atoms with Crippen LogP contribution in [0.25, 0.3) is 0 Å². The van der Waals surface area contributed by atoms with Crippen LogP contribution in [0.5, 0.6) is 17.2 Å². The molecule has 0 bridgehead atoms. The fourth-order valence-corrected chi connectivity index (χ4v) is 2.48. The van der Waals surface area contributed by atoms with Gasteiger partial charge in [-0.1, -0.05) is 0 Å². The number of aromatic hydroxyl groups is 3. The third-order valence-electron chi connectivity index (χ3n) is 3.31. The molecule has 0 unspecified atom stereocenters. The highest BCUT2D eigenvalue weighted by Crippen LogP contribution is 2.38. The third kappa shape index (κ3) is 1.93. The molecule has 0 aliphatic heterocycles. The Morgan fingerprint density at radius 3 is 1.90 bits per heavy atom. The summed E-state index contributed by atoms with van der Waals surface area (Å²) in [5.41, 5.74) is 0.332. The van der Waals surface area contributed by atoms with E-state index in [1.54, 1.807) is 6.92 Å². The molecular formula is C15H12O6. The fourth-order valence-electron chi connectivity index (χ4n) is 2.48. The third-order valence-corrected chi connectivity index (χ3v) is 3.31. The van der Waals surface area contributed by atoms with Crippen LogP contribution in [0, 0.1) is 6.92 Å². The second-order valence-electron chi connectivity index (χ2n) is 4.75. The highest BCUT2D eigenvalue weighted by Gasteiger charge is 2.34. The van der Waals surface area contributed by atoms with E-state index in [-0.39, 0.29) is 39.2 Å². The lowest BCUT2D eigenvalue weighted by atomic mass is 9.82. The summed E-state index contributed by atoms with van der Waals surface area (Å²) in [7, 11) is 0. The summed E-state index contributed by atoms with van der Waals surface area (Å²) in [5.74, 6) is -2.23. The van der Waals surface area contributed by atoms with Crippen LogP contribution in [0.3, 0.4) is 0 Å². The van der Waals surface area contributed by atoms with E-state index in [4.69, 9.17) is 0 Å². The minimum Gasteiger partial charge on any atom is -0.508 e. The maximum absolute atomic E-state index is 12.4. The molecule has 0 radical (unpaired) electrons. The first-order valence-electron chi connectivity index (χ1n) is 5.89. The summed E-state index contributed by atoms with van der Waals surface area (Å²) >= 11 is 0. The maximum Gasteiger partial charge on any atom is 0.201 e. The van der Waals surface area contributed by atoms with E-state index in [9.17, 15) is 24.9 Å². The molecular weight excluding hydrogens is 276 g/mol. The molecule has 0 saturated heterocycles. The van der Waals surface area contributed by atoms with E-state index in [2.05, 4.69) is 0 Å². The van der Waals surface area contributed by atoms with Crippen molar-refractivity contribution in [2.24, 2.45) is 0 Å². The van der Waals surface area contributed by atoms with Gasteiger partial charge in [-0.25, -0.2) is 0 Å². The number of ketones is 2. The predicted octanol–water partition coefficient (Wildman–Crippen LogP) is 1.06. The van der Waals surface area contributed by atoms with Gasteiger partial charge in [-0.3, -0.25) is 9.59 Å². The van der Waals surface area contributed by atoms with Crippen LogP contribution in [-0.2, 0) is 0 Å². The first-order chi connectivity index (χ1) is 9.40. The van der Waals surface area contributed by atoms with Gasteiger partial charge < -0.3 is 20.8 Å². The molecule has 0 spiro atoms. The van der Waals surface area contributed by atoms with Crippen molar-refractivity contribution >= 4 is 11.6 Å². The van der Waals surface area contributed by atoms with Crippen molar-refractivity contribution in [1.29, 1.82) is 0 Å². The molecule has 6 nitrogen and oxygen atoms in total.